The van der Waals surface area contributed by atoms with E-state index in [2.05, 4.69) is 9.71 Å². The van der Waals surface area contributed by atoms with E-state index >= 15 is 0 Å². The fraction of sp³-hybridized carbons (Fsp3) is 0.133. The van der Waals surface area contributed by atoms with E-state index in [1.54, 1.807) is 12.1 Å². The summed E-state index contributed by atoms with van der Waals surface area (Å²) in [5, 5.41) is 0. The first-order chi connectivity index (χ1) is 10.5. The minimum Gasteiger partial charge on any atom is -0.306 e. The molecule has 6 nitrogen and oxygen atoms in total. The maximum atomic E-state index is 12.0. The van der Waals surface area contributed by atoms with E-state index in [4.69, 9.17) is 0 Å². The van der Waals surface area contributed by atoms with E-state index in [-0.39, 0.29) is 0 Å². The molecule has 0 saturated heterocycles. The highest BCUT2D eigenvalue weighted by Crippen LogP contribution is 2.28. The molecule has 0 amide bonds. The summed E-state index contributed by atoms with van der Waals surface area (Å²) in [6.45, 7) is 0. The normalized spacial score (nSPS) is 12.0. The second kappa shape index (κ2) is 5.43. The third kappa shape index (κ3) is 2.68. The third-order valence-corrected chi connectivity index (χ3v) is 4.73. The van der Waals surface area contributed by atoms with Crippen molar-refractivity contribution in [2.45, 2.75) is 0 Å². The predicted octanol–water partition coefficient (Wildman–Crippen LogP) is 2.22. The smallest absolute Gasteiger partial charge is 0.301 e. The Kier molecular flexibility index (Phi) is 3.59. The van der Waals surface area contributed by atoms with Gasteiger partial charge in [-0.15, -0.1) is 0 Å². The molecule has 0 saturated carbocycles. The number of benzene rings is 1. The van der Waals surface area contributed by atoms with Crippen molar-refractivity contribution >= 4 is 21.5 Å². The van der Waals surface area contributed by atoms with Gasteiger partial charge in [0.05, 0.1) is 11.4 Å². The van der Waals surface area contributed by atoms with Gasteiger partial charge in [0.15, 0.2) is 0 Å². The van der Waals surface area contributed by atoms with Crippen LogP contribution in [0.25, 0.3) is 16.9 Å². The second-order valence-corrected chi connectivity index (χ2v) is 6.91. The van der Waals surface area contributed by atoms with E-state index in [9.17, 15) is 8.42 Å². The quantitative estimate of drug-likeness (QED) is 0.802. The van der Waals surface area contributed by atoms with Crippen LogP contribution in [0.3, 0.4) is 0 Å². The molecular weight excluding hydrogens is 300 g/mol. The van der Waals surface area contributed by atoms with Gasteiger partial charge in [0, 0.05) is 32.1 Å². The molecule has 22 heavy (non-hydrogen) atoms. The maximum Gasteiger partial charge on any atom is 0.301 e. The van der Waals surface area contributed by atoms with Crippen molar-refractivity contribution in [1.82, 2.24) is 13.7 Å². The number of nitrogens with one attached hydrogen (secondary N) is 1. The summed E-state index contributed by atoms with van der Waals surface area (Å²) in [6, 6.07) is 12.9. The molecule has 0 atom stereocenters. The molecule has 0 aliphatic rings. The van der Waals surface area contributed by atoms with Crippen molar-refractivity contribution in [1.29, 1.82) is 0 Å². The lowest BCUT2D eigenvalue weighted by molar-refractivity contribution is 0.527. The Balaban J connectivity index is 2.08. The molecule has 3 aromatic rings. The number of para-hydroxylation sites is 1. The van der Waals surface area contributed by atoms with Gasteiger partial charge >= 0.3 is 10.2 Å². The molecular formula is C15H16N4O2S. The number of aromatic nitrogens is 2. The van der Waals surface area contributed by atoms with Gasteiger partial charge in [-0.2, -0.15) is 12.7 Å². The fourth-order valence-electron chi connectivity index (χ4n) is 2.09. The minimum absolute atomic E-state index is 0.500. The van der Waals surface area contributed by atoms with E-state index in [0.717, 1.165) is 15.5 Å². The van der Waals surface area contributed by atoms with E-state index in [1.165, 1.54) is 14.1 Å². The maximum absolute atomic E-state index is 12.0. The zero-order valence-corrected chi connectivity index (χ0v) is 13.1. The summed E-state index contributed by atoms with van der Waals surface area (Å²) in [6.07, 6.45) is 3.77. The summed E-state index contributed by atoms with van der Waals surface area (Å²) in [4.78, 5) is 4.53. The highest BCUT2D eigenvalue weighted by Gasteiger charge is 2.16. The van der Waals surface area contributed by atoms with Crippen LogP contribution in [-0.2, 0) is 10.2 Å². The summed E-state index contributed by atoms with van der Waals surface area (Å²) < 4.78 is 29.7. The van der Waals surface area contributed by atoms with Crippen LogP contribution >= 0.6 is 0 Å². The second-order valence-electron chi connectivity index (χ2n) is 5.03. The highest BCUT2D eigenvalue weighted by molar-refractivity contribution is 7.90. The standard InChI is InChI=1S/C15H16N4O2S/c1-18(2)22(20,21)17-13-8-4-3-7-12(13)14-11-19-10-6-5-9-15(19)16-14/h3-11,17H,1-2H3. The Morgan fingerprint density at radius 1 is 1.09 bits per heavy atom. The monoisotopic (exact) mass is 316 g/mol. The topological polar surface area (TPSA) is 66.7 Å². The van der Waals surface area contributed by atoms with E-state index < -0.39 is 10.2 Å². The van der Waals surface area contributed by atoms with Crippen molar-refractivity contribution < 1.29 is 8.42 Å². The Bertz CT molecular complexity index is 883. The molecule has 0 bridgehead atoms. The first-order valence-corrected chi connectivity index (χ1v) is 8.15. The molecule has 0 unspecified atom stereocenters. The summed E-state index contributed by atoms with van der Waals surface area (Å²) in [5.74, 6) is 0. The summed E-state index contributed by atoms with van der Waals surface area (Å²) >= 11 is 0. The average molecular weight is 316 g/mol. The van der Waals surface area contributed by atoms with Crippen molar-refractivity contribution in [3.05, 3.63) is 54.9 Å². The molecule has 2 aromatic heterocycles. The third-order valence-electron chi connectivity index (χ3n) is 3.29. The number of pyridine rings is 1. The number of imidazole rings is 1. The van der Waals surface area contributed by atoms with Crippen LogP contribution < -0.4 is 4.72 Å². The van der Waals surface area contributed by atoms with Crippen molar-refractivity contribution in [3.63, 3.8) is 0 Å². The van der Waals surface area contributed by atoms with Gasteiger partial charge in [-0.25, -0.2) is 4.98 Å². The van der Waals surface area contributed by atoms with Crippen LogP contribution in [0.2, 0.25) is 0 Å². The molecule has 0 spiro atoms. The Morgan fingerprint density at radius 2 is 1.82 bits per heavy atom. The first-order valence-electron chi connectivity index (χ1n) is 6.71. The number of anilines is 1. The van der Waals surface area contributed by atoms with Crippen molar-refractivity contribution in [2.24, 2.45) is 0 Å². The van der Waals surface area contributed by atoms with Crippen LogP contribution in [0.1, 0.15) is 0 Å². The van der Waals surface area contributed by atoms with Gasteiger partial charge in [-0.05, 0) is 18.2 Å². The zero-order chi connectivity index (χ0) is 15.7. The SMILES string of the molecule is CN(C)S(=O)(=O)Nc1ccccc1-c1cn2ccccc2n1. The number of hydrogen-bond donors (Lipinski definition) is 1. The van der Waals surface area contributed by atoms with E-state index in [0.29, 0.717) is 11.4 Å². The lowest BCUT2D eigenvalue weighted by Gasteiger charge is -2.15. The lowest BCUT2D eigenvalue weighted by Crippen LogP contribution is -2.29. The van der Waals surface area contributed by atoms with Crippen LogP contribution in [0.4, 0.5) is 5.69 Å². The number of hydrogen-bond acceptors (Lipinski definition) is 3. The molecule has 1 aromatic carbocycles. The molecule has 0 fully saturated rings. The minimum atomic E-state index is -3.56. The average Bonchev–Trinajstić information content (AvgIpc) is 2.91. The number of fused-ring (bicyclic) bond motifs is 1. The van der Waals surface area contributed by atoms with Crippen molar-refractivity contribution in [2.75, 3.05) is 18.8 Å². The molecule has 0 aliphatic heterocycles. The summed E-state index contributed by atoms with van der Waals surface area (Å²) in [5.41, 5.74) is 2.75. The number of nitrogens with zero attached hydrogens (tertiary/aromatic N) is 3. The summed E-state index contributed by atoms with van der Waals surface area (Å²) in [7, 11) is -0.599. The molecule has 0 aliphatic carbocycles. The van der Waals surface area contributed by atoms with Gasteiger partial charge < -0.3 is 4.40 Å². The predicted molar refractivity (Wildman–Crippen MR) is 86.9 cm³/mol. The van der Waals surface area contributed by atoms with Gasteiger partial charge in [0.1, 0.15) is 5.65 Å². The number of rotatable bonds is 4. The fourth-order valence-corrected chi connectivity index (χ4v) is 2.73. The zero-order valence-electron chi connectivity index (χ0n) is 12.3. The molecule has 1 N–H and O–H groups in total. The molecule has 3 rings (SSSR count). The highest BCUT2D eigenvalue weighted by atomic mass is 32.2. The molecule has 7 heteroatoms. The van der Waals surface area contributed by atoms with Crippen LogP contribution in [-0.4, -0.2) is 36.2 Å². The lowest BCUT2D eigenvalue weighted by atomic mass is 10.1. The van der Waals surface area contributed by atoms with Gasteiger partial charge in [-0.1, -0.05) is 24.3 Å². The van der Waals surface area contributed by atoms with Crippen LogP contribution in [0.5, 0.6) is 0 Å². The van der Waals surface area contributed by atoms with Crippen LogP contribution in [0.15, 0.2) is 54.9 Å². The molecule has 114 valence electrons. The Morgan fingerprint density at radius 3 is 2.55 bits per heavy atom. The Labute approximate surface area is 129 Å². The molecule has 2 heterocycles. The van der Waals surface area contributed by atoms with Gasteiger partial charge in [0.25, 0.3) is 0 Å². The first kappa shape index (κ1) is 14.6. The van der Waals surface area contributed by atoms with E-state index in [1.807, 2.05) is 47.1 Å². The largest absolute Gasteiger partial charge is 0.306 e. The molecule has 0 radical (unpaired) electrons. The van der Waals surface area contributed by atoms with Gasteiger partial charge in [0.2, 0.25) is 0 Å². The van der Waals surface area contributed by atoms with Gasteiger partial charge in [-0.3, -0.25) is 4.72 Å². The van der Waals surface area contributed by atoms with Crippen molar-refractivity contribution in [3.8, 4) is 11.3 Å². The van der Waals surface area contributed by atoms with Crippen LogP contribution in [0, 0.1) is 0 Å². The Hall–Kier alpha value is -2.38.